The fraction of sp³-hybridized carbons (Fsp3) is 0.381. The molecule has 5 nitrogen and oxygen atoms in total. The molecule has 2 aromatic rings. The number of carboxylic acid groups (broad SMARTS) is 1. The zero-order valence-corrected chi connectivity index (χ0v) is 15.4. The van der Waals surface area contributed by atoms with Crippen molar-refractivity contribution < 1.29 is 14.7 Å². The van der Waals surface area contributed by atoms with Gasteiger partial charge in [0.1, 0.15) is 0 Å². The maximum Gasteiger partial charge on any atom is 0.313 e. The first-order chi connectivity index (χ1) is 12.3. The molecule has 1 aliphatic rings. The highest BCUT2D eigenvalue weighted by molar-refractivity contribution is 5.95. The molecule has 5 heteroatoms. The molecule has 136 valence electrons. The van der Waals surface area contributed by atoms with Crippen molar-refractivity contribution in [1.82, 2.24) is 9.88 Å². The molecule has 1 aliphatic heterocycles. The van der Waals surface area contributed by atoms with Crippen LogP contribution in [0.4, 0.5) is 0 Å². The Bertz CT molecular complexity index is 827. The normalized spacial score (nSPS) is 17.3. The number of carbonyl (C=O) groups is 2. The Morgan fingerprint density at radius 3 is 2.46 bits per heavy atom. The SMILES string of the molecule is Cc1cccc(C2CCCN2C(=O)c2ccc(C(C)(C)C(=O)O)cc2)n1. The smallest absolute Gasteiger partial charge is 0.313 e. The van der Waals surface area contributed by atoms with E-state index < -0.39 is 11.4 Å². The standard InChI is InChI=1S/C21H24N2O3/c1-14-6-4-7-17(22-14)18-8-5-13-23(18)19(24)15-9-11-16(12-10-15)21(2,3)20(25)26/h4,6-7,9-12,18H,5,8,13H2,1-3H3,(H,25,26). The first-order valence-corrected chi connectivity index (χ1v) is 8.89. The quantitative estimate of drug-likeness (QED) is 0.910. The summed E-state index contributed by atoms with van der Waals surface area (Å²) in [5.41, 5.74) is 2.15. The minimum absolute atomic E-state index is 0.00228. The molecule has 1 aromatic heterocycles. The first kappa shape index (κ1) is 18.1. The number of pyridine rings is 1. The van der Waals surface area contributed by atoms with Gasteiger partial charge in [-0.15, -0.1) is 0 Å². The molecule has 1 atom stereocenters. The minimum Gasteiger partial charge on any atom is -0.481 e. The molecule has 0 saturated carbocycles. The van der Waals surface area contributed by atoms with Crippen molar-refractivity contribution in [1.29, 1.82) is 0 Å². The molecule has 1 N–H and O–H groups in total. The largest absolute Gasteiger partial charge is 0.481 e. The second-order valence-electron chi connectivity index (χ2n) is 7.37. The van der Waals surface area contributed by atoms with Crippen LogP contribution in [0.15, 0.2) is 42.5 Å². The van der Waals surface area contributed by atoms with Gasteiger partial charge >= 0.3 is 5.97 Å². The molecule has 1 aromatic carbocycles. The van der Waals surface area contributed by atoms with Crippen molar-refractivity contribution >= 4 is 11.9 Å². The molecule has 1 unspecified atom stereocenters. The average Bonchev–Trinajstić information content (AvgIpc) is 3.11. The lowest BCUT2D eigenvalue weighted by Gasteiger charge is -2.25. The summed E-state index contributed by atoms with van der Waals surface area (Å²) in [6, 6.07) is 12.8. The molecular weight excluding hydrogens is 328 g/mol. The highest BCUT2D eigenvalue weighted by Crippen LogP contribution is 2.32. The van der Waals surface area contributed by atoms with Crippen molar-refractivity contribution in [2.45, 2.75) is 45.1 Å². The van der Waals surface area contributed by atoms with E-state index in [1.54, 1.807) is 38.1 Å². The Hall–Kier alpha value is -2.69. The van der Waals surface area contributed by atoms with Crippen LogP contribution in [0.3, 0.4) is 0 Å². The molecule has 0 aliphatic carbocycles. The number of benzene rings is 1. The van der Waals surface area contributed by atoms with Crippen LogP contribution >= 0.6 is 0 Å². The van der Waals surface area contributed by atoms with Crippen LogP contribution < -0.4 is 0 Å². The van der Waals surface area contributed by atoms with E-state index in [9.17, 15) is 14.7 Å². The number of aromatic nitrogens is 1. The summed E-state index contributed by atoms with van der Waals surface area (Å²) in [5, 5.41) is 9.35. The number of carbonyl (C=O) groups excluding carboxylic acids is 1. The van der Waals surface area contributed by atoms with Gasteiger partial charge in [-0.2, -0.15) is 0 Å². The van der Waals surface area contributed by atoms with E-state index in [1.165, 1.54) is 0 Å². The predicted octanol–water partition coefficient (Wildman–Crippen LogP) is 3.73. The fourth-order valence-electron chi connectivity index (χ4n) is 3.39. The lowest BCUT2D eigenvalue weighted by molar-refractivity contribution is -0.142. The van der Waals surface area contributed by atoms with Gasteiger partial charge in [-0.25, -0.2) is 0 Å². The van der Waals surface area contributed by atoms with Crippen LogP contribution in [0.5, 0.6) is 0 Å². The third kappa shape index (κ3) is 3.34. The minimum atomic E-state index is -0.983. The van der Waals surface area contributed by atoms with E-state index >= 15 is 0 Å². The summed E-state index contributed by atoms with van der Waals surface area (Å²) in [7, 11) is 0. The molecule has 2 heterocycles. The van der Waals surface area contributed by atoms with E-state index in [4.69, 9.17) is 0 Å². The predicted molar refractivity (Wildman–Crippen MR) is 99.1 cm³/mol. The highest BCUT2D eigenvalue weighted by atomic mass is 16.4. The van der Waals surface area contributed by atoms with E-state index in [1.807, 2.05) is 30.0 Å². The number of aliphatic carboxylic acids is 1. The number of hydrogen-bond donors (Lipinski definition) is 1. The molecule has 0 radical (unpaired) electrons. The van der Waals surface area contributed by atoms with E-state index in [2.05, 4.69) is 4.98 Å². The van der Waals surface area contributed by atoms with Gasteiger partial charge in [-0.1, -0.05) is 18.2 Å². The van der Waals surface area contributed by atoms with Crippen molar-refractivity contribution in [3.63, 3.8) is 0 Å². The lowest BCUT2D eigenvalue weighted by Crippen LogP contribution is -2.31. The van der Waals surface area contributed by atoms with E-state index in [-0.39, 0.29) is 11.9 Å². The topological polar surface area (TPSA) is 70.5 Å². The van der Waals surface area contributed by atoms with Gasteiger partial charge in [0.2, 0.25) is 0 Å². The van der Waals surface area contributed by atoms with Gasteiger partial charge in [0.15, 0.2) is 0 Å². The van der Waals surface area contributed by atoms with Gasteiger partial charge < -0.3 is 10.0 Å². The number of likely N-dealkylation sites (tertiary alicyclic amines) is 1. The van der Waals surface area contributed by atoms with Crippen LogP contribution in [0.2, 0.25) is 0 Å². The summed E-state index contributed by atoms with van der Waals surface area (Å²) in [6.45, 7) is 5.98. The van der Waals surface area contributed by atoms with Crippen molar-refractivity contribution in [3.8, 4) is 0 Å². The van der Waals surface area contributed by atoms with Gasteiger partial charge in [0.05, 0.1) is 17.2 Å². The van der Waals surface area contributed by atoms with Gasteiger partial charge in [0.25, 0.3) is 5.91 Å². The van der Waals surface area contributed by atoms with Crippen molar-refractivity contribution in [2.24, 2.45) is 0 Å². The van der Waals surface area contributed by atoms with Gasteiger partial charge in [-0.3, -0.25) is 14.6 Å². The number of nitrogens with zero attached hydrogens (tertiary/aromatic N) is 2. The fourth-order valence-corrected chi connectivity index (χ4v) is 3.39. The van der Waals surface area contributed by atoms with Gasteiger partial charge in [0, 0.05) is 17.8 Å². The third-order valence-electron chi connectivity index (χ3n) is 5.15. The Balaban J connectivity index is 1.83. The first-order valence-electron chi connectivity index (χ1n) is 8.89. The van der Waals surface area contributed by atoms with Crippen molar-refractivity contribution in [3.05, 3.63) is 65.0 Å². The maximum atomic E-state index is 13.0. The van der Waals surface area contributed by atoms with Crippen LogP contribution in [0.1, 0.15) is 60.0 Å². The Morgan fingerprint density at radius 2 is 1.85 bits per heavy atom. The second kappa shape index (κ2) is 6.90. The number of amides is 1. The molecule has 1 fully saturated rings. The Morgan fingerprint density at radius 1 is 1.15 bits per heavy atom. The molecular formula is C21H24N2O3. The van der Waals surface area contributed by atoms with E-state index in [0.717, 1.165) is 24.2 Å². The zero-order valence-electron chi connectivity index (χ0n) is 15.4. The Labute approximate surface area is 153 Å². The van der Waals surface area contributed by atoms with E-state index in [0.29, 0.717) is 17.7 Å². The molecule has 26 heavy (non-hydrogen) atoms. The van der Waals surface area contributed by atoms with Crippen LogP contribution in [-0.2, 0) is 10.2 Å². The summed E-state index contributed by atoms with van der Waals surface area (Å²) >= 11 is 0. The highest BCUT2D eigenvalue weighted by Gasteiger charge is 2.33. The monoisotopic (exact) mass is 352 g/mol. The summed E-state index contributed by atoms with van der Waals surface area (Å²) in [5.74, 6) is -0.919. The Kier molecular flexibility index (Phi) is 4.81. The molecule has 3 rings (SSSR count). The van der Waals surface area contributed by atoms with Crippen molar-refractivity contribution in [2.75, 3.05) is 6.54 Å². The number of rotatable bonds is 4. The summed E-state index contributed by atoms with van der Waals surface area (Å²) < 4.78 is 0. The lowest BCUT2D eigenvalue weighted by atomic mass is 9.84. The molecule has 0 spiro atoms. The number of hydrogen-bond acceptors (Lipinski definition) is 3. The maximum absolute atomic E-state index is 13.0. The summed E-state index contributed by atoms with van der Waals surface area (Å²) in [4.78, 5) is 30.8. The van der Waals surface area contributed by atoms with Crippen LogP contribution in [0, 0.1) is 6.92 Å². The van der Waals surface area contributed by atoms with Gasteiger partial charge in [-0.05, 0) is 63.4 Å². The van der Waals surface area contributed by atoms with Crippen LogP contribution in [0.25, 0.3) is 0 Å². The second-order valence-corrected chi connectivity index (χ2v) is 7.37. The zero-order chi connectivity index (χ0) is 18.9. The molecule has 0 bridgehead atoms. The molecule has 1 amide bonds. The van der Waals surface area contributed by atoms with Crippen LogP contribution in [-0.4, -0.2) is 33.4 Å². The third-order valence-corrected chi connectivity index (χ3v) is 5.15. The number of carboxylic acids is 1. The summed E-state index contributed by atoms with van der Waals surface area (Å²) in [6.07, 6.45) is 1.86. The average molecular weight is 352 g/mol. The number of aryl methyl sites for hydroxylation is 1. The molecule has 1 saturated heterocycles.